The van der Waals surface area contributed by atoms with Gasteiger partial charge in [0.2, 0.25) is 5.91 Å². The minimum Gasteiger partial charge on any atom is -0.497 e. The topological polar surface area (TPSA) is 66.2 Å². The van der Waals surface area contributed by atoms with Crippen molar-refractivity contribution in [2.45, 2.75) is 33.4 Å². The van der Waals surface area contributed by atoms with Gasteiger partial charge in [-0.15, -0.1) is 0 Å². The van der Waals surface area contributed by atoms with E-state index in [1.807, 2.05) is 90.7 Å². The Hall–Kier alpha value is -3.73. The summed E-state index contributed by atoms with van der Waals surface area (Å²) < 4.78 is 5.26. The van der Waals surface area contributed by atoms with Crippen molar-refractivity contribution in [3.8, 4) is 23.1 Å². The lowest BCUT2D eigenvalue weighted by molar-refractivity contribution is -0.117. The monoisotopic (exact) mass is 509 g/mol. The van der Waals surface area contributed by atoms with E-state index in [0.29, 0.717) is 17.0 Å². The van der Waals surface area contributed by atoms with Crippen LogP contribution in [0.15, 0.2) is 99.7 Å². The third kappa shape index (κ3) is 4.58. The molecule has 5 nitrogen and oxygen atoms in total. The fraction of sp³-hybridized carbons (Fsp3) is 0.138. The van der Waals surface area contributed by atoms with Crippen LogP contribution in [-0.4, -0.2) is 23.3 Å². The van der Waals surface area contributed by atoms with Gasteiger partial charge in [0.15, 0.2) is 0 Å². The smallest absolute Gasteiger partial charge is 0.245 e. The van der Waals surface area contributed by atoms with Crippen molar-refractivity contribution in [1.82, 2.24) is 4.98 Å². The van der Waals surface area contributed by atoms with Crippen LogP contribution in [-0.2, 0) is 4.79 Å². The number of benzene rings is 3. The second-order valence-electron chi connectivity index (χ2n) is 8.12. The number of aromatic nitrogens is 1. The number of fused-ring (bicyclic) bond motifs is 2. The molecule has 178 valence electrons. The average molecular weight is 510 g/mol. The van der Waals surface area contributed by atoms with Crippen LogP contribution in [0.5, 0.6) is 5.75 Å². The summed E-state index contributed by atoms with van der Waals surface area (Å²) in [4.78, 5) is 22.8. The second-order valence-corrected chi connectivity index (χ2v) is 10.4. The first-order chi connectivity index (χ1) is 17.6. The third-order valence-electron chi connectivity index (χ3n) is 5.92. The molecule has 36 heavy (non-hydrogen) atoms. The zero-order chi connectivity index (χ0) is 25.1. The number of carbonyl (C=O) groups is 1. The molecule has 0 radical (unpaired) electrons. The third-order valence-corrected chi connectivity index (χ3v) is 8.40. The molecule has 1 aromatic heterocycles. The van der Waals surface area contributed by atoms with Gasteiger partial charge in [-0.3, -0.25) is 9.69 Å². The lowest BCUT2D eigenvalue weighted by Gasteiger charge is -2.33. The molecule has 7 heteroatoms. The fourth-order valence-electron chi connectivity index (χ4n) is 4.07. The minimum atomic E-state index is -0.417. The van der Waals surface area contributed by atoms with E-state index in [9.17, 15) is 10.1 Å². The van der Waals surface area contributed by atoms with Crippen molar-refractivity contribution >= 4 is 40.8 Å². The molecule has 0 bridgehead atoms. The number of nitriles is 1. The summed E-state index contributed by atoms with van der Waals surface area (Å²) in [5, 5.41) is 9.90. The molecular formula is C29H23N3O2S2. The van der Waals surface area contributed by atoms with Gasteiger partial charge in [-0.2, -0.15) is 5.26 Å². The lowest BCUT2D eigenvalue weighted by atomic mass is 10.1. The van der Waals surface area contributed by atoms with Crippen molar-refractivity contribution in [2.24, 2.45) is 0 Å². The normalized spacial score (nSPS) is 12.8. The van der Waals surface area contributed by atoms with Crippen LogP contribution in [0.2, 0.25) is 0 Å². The lowest BCUT2D eigenvalue weighted by Crippen LogP contribution is -2.35. The first-order valence-corrected chi connectivity index (χ1v) is 13.2. The highest BCUT2D eigenvalue weighted by Crippen LogP contribution is 2.49. The largest absolute Gasteiger partial charge is 0.497 e. The van der Waals surface area contributed by atoms with Crippen molar-refractivity contribution in [3.05, 3.63) is 90.5 Å². The number of carbonyl (C=O) groups excluding carboxylic acids is 1. The van der Waals surface area contributed by atoms with Gasteiger partial charge in [0.25, 0.3) is 0 Å². The Bertz CT molecular complexity index is 1420. The molecule has 4 aromatic rings. The van der Waals surface area contributed by atoms with Crippen LogP contribution in [0.3, 0.4) is 0 Å². The van der Waals surface area contributed by atoms with Gasteiger partial charge in [0.05, 0.1) is 35.0 Å². The van der Waals surface area contributed by atoms with Gasteiger partial charge >= 0.3 is 0 Å². The molecule has 1 unspecified atom stereocenters. The highest BCUT2D eigenvalue weighted by molar-refractivity contribution is 8.00. The maximum Gasteiger partial charge on any atom is 0.245 e. The van der Waals surface area contributed by atoms with E-state index in [-0.39, 0.29) is 5.91 Å². The van der Waals surface area contributed by atoms with Gasteiger partial charge < -0.3 is 4.74 Å². The van der Waals surface area contributed by atoms with Gasteiger partial charge in [-0.25, -0.2) is 4.98 Å². The zero-order valence-corrected chi connectivity index (χ0v) is 21.5. The SMILES string of the molecule is CCC(Sc1nc(-c2ccc(OC)cc2)ccc1C#N)C(=O)N1c2ccccc2Sc2ccccc21. The number of methoxy groups -OCH3 is 1. The van der Waals surface area contributed by atoms with E-state index in [0.717, 1.165) is 38.2 Å². The van der Waals surface area contributed by atoms with Crippen LogP contribution >= 0.6 is 23.5 Å². The summed E-state index contributed by atoms with van der Waals surface area (Å²) >= 11 is 3.02. The Morgan fingerprint density at radius 3 is 2.22 bits per heavy atom. The van der Waals surface area contributed by atoms with E-state index < -0.39 is 5.25 Å². The molecule has 0 N–H and O–H groups in total. The van der Waals surface area contributed by atoms with Gasteiger partial charge in [0.1, 0.15) is 16.8 Å². The van der Waals surface area contributed by atoms with Gasteiger partial charge in [-0.1, -0.05) is 54.7 Å². The predicted molar refractivity (Wildman–Crippen MR) is 145 cm³/mol. The second kappa shape index (κ2) is 10.5. The summed E-state index contributed by atoms with van der Waals surface area (Å²) in [6.07, 6.45) is 0.594. The fourth-order valence-corrected chi connectivity index (χ4v) is 6.16. The van der Waals surface area contributed by atoms with E-state index in [2.05, 4.69) is 6.07 Å². The highest BCUT2D eigenvalue weighted by Gasteiger charge is 2.33. The zero-order valence-electron chi connectivity index (χ0n) is 19.8. The minimum absolute atomic E-state index is 0.0248. The Morgan fingerprint density at radius 2 is 1.64 bits per heavy atom. The number of hydrogen-bond acceptors (Lipinski definition) is 6. The number of nitrogens with zero attached hydrogens (tertiary/aromatic N) is 3. The highest BCUT2D eigenvalue weighted by atomic mass is 32.2. The maximum atomic E-state index is 14.1. The summed E-state index contributed by atoms with van der Waals surface area (Å²) in [5.74, 6) is 0.738. The predicted octanol–water partition coefficient (Wildman–Crippen LogP) is 7.33. The first kappa shape index (κ1) is 24.0. The molecule has 1 atom stereocenters. The summed E-state index contributed by atoms with van der Waals surface area (Å²) in [7, 11) is 1.63. The van der Waals surface area contributed by atoms with E-state index in [4.69, 9.17) is 9.72 Å². The molecule has 1 aliphatic rings. The Kier molecular flexibility index (Phi) is 6.99. The number of pyridine rings is 1. The Morgan fingerprint density at radius 1 is 1.00 bits per heavy atom. The number of amides is 1. The average Bonchev–Trinajstić information content (AvgIpc) is 2.94. The molecule has 2 heterocycles. The molecule has 0 fully saturated rings. The van der Waals surface area contributed by atoms with E-state index in [1.165, 1.54) is 11.8 Å². The molecule has 0 aliphatic carbocycles. The Labute approximate surface area is 219 Å². The Balaban J connectivity index is 1.50. The quantitative estimate of drug-likeness (QED) is 0.254. The summed E-state index contributed by atoms with van der Waals surface area (Å²) in [6.45, 7) is 1.99. The number of anilines is 2. The molecular weight excluding hydrogens is 486 g/mol. The van der Waals surface area contributed by atoms with Crippen LogP contribution in [0.25, 0.3) is 11.3 Å². The van der Waals surface area contributed by atoms with Crippen LogP contribution in [0, 0.1) is 11.3 Å². The van der Waals surface area contributed by atoms with Crippen molar-refractivity contribution in [3.63, 3.8) is 0 Å². The number of rotatable bonds is 6. The van der Waals surface area contributed by atoms with Gasteiger partial charge in [-0.05, 0) is 67.1 Å². The van der Waals surface area contributed by atoms with Crippen molar-refractivity contribution in [1.29, 1.82) is 5.26 Å². The van der Waals surface area contributed by atoms with E-state index in [1.54, 1.807) is 24.9 Å². The maximum absolute atomic E-state index is 14.1. The molecule has 0 saturated carbocycles. The molecule has 1 amide bonds. The molecule has 0 saturated heterocycles. The summed E-state index contributed by atoms with van der Waals surface area (Å²) in [6, 6.07) is 29.4. The van der Waals surface area contributed by atoms with Crippen LogP contribution in [0.4, 0.5) is 11.4 Å². The molecule has 1 aliphatic heterocycles. The number of ether oxygens (including phenoxy) is 1. The summed E-state index contributed by atoms with van der Waals surface area (Å²) in [5.41, 5.74) is 3.87. The number of thioether (sulfide) groups is 1. The van der Waals surface area contributed by atoms with Gasteiger partial charge in [0, 0.05) is 15.4 Å². The molecule has 0 spiro atoms. The van der Waals surface area contributed by atoms with Crippen LogP contribution in [0.1, 0.15) is 18.9 Å². The number of para-hydroxylation sites is 2. The molecule has 3 aromatic carbocycles. The number of hydrogen-bond donors (Lipinski definition) is 0. The standard InChI is InChI=1S/C29H23N3O2S2/c1-3-25(29(33)32-23-8-4-6-10-26(23)35-27-11-7-5-9-24(27)32)36-28-20(18-30)14-17-22(31-28)19-12-15-21(34-2)16-13-19/h4-17,25H,3H2,1-2H3. The molecule has 5 rings (SSSR count). The van der Waals surface area contributed by atoms with Crippen LogP contribution < -0.4 is 9.64 Å². The van der Waals surface area contributed by atoms with Crippen molar-refractivity contribution in [2.75, 3.05) is 12.0 Å². The van der Waals surface area contributed by atoms with Crippen molar-refractivity contribution < 1.29 is 9.53 Å². The van der Waals surface area contributed by atoms with E-state index >= 15 is 0 Å². The first-order valence-electron chi connectivity index (χ1n) is 11.5.